The first-order valence-electron chi connectivity index (χ1n) is 11.4. The Morgan fingerprint density at radius 3 is 2.10 bits per heavy atom. The van der Waals surface area contributed by atoms with E-state index in [0.29, 0.717) is 18.8 Å². The Bertz CT molecular complexity index is 1330. The van der Waals surface area contributed by atoms with Crippen LogP contribution in [0.25, 0.3) is 0 Å². The Labute approximate surface area is 221 Å². The lowest BCUT2D eigenvalue weighted by Crippen LogP contribution is -2.34. The number of aliphatic carboxylic acids is 1. The second kappa shape index (κ2) is 14.3. The van der Waals surface area contributed by atoms with Gasteiger partial charge in [-0.15, -0.1) is 0 Å². The molecule has 0 fully saturated rings. The molecule has 0 spiro atoms. The van der Waals surface area contributed by atoms with Crippen LogP contribution in [-0.4, -0.2) is 33.8 Å². The number of anilines is 1. The summed E-state index contributed by atoms with van der Waals surface area (Å²) in [6, 6.07) is 20.0. The SMILES string of the molecule is Cc1ccc(NC(=O)OCc2ccccc2)c(=O)n1CC(=O)NCc1ccc(CN)cc1.O=C(O)C(F)(F)F. The molecule has 5 N–H and O–H groups in total. The molecule has 1 heterocycles. The molecular formula is C26H27F3N4O6. The molecule has 3 aromatic rings. The molecule has 39 heavy (non-hydrogen) atoms. The number of halogens is 3. The Hall–Kier alpha value is -4.65. The zero-order chi connectivity index (χ0) is 29.0. The van der Waals surface area contributed by atoms with Gasteiger partial charge in [0.1, 0.15) is 18.8 Å². The van der Waals surface area contributed by atoms with Crippen LogP contribution in [0.3, 0.4) is 0 Å². The average molecular weight is 549 g/mol. The smallest absolute Gasteiger partial charge is 0.475 e. The molecule has 2 aromatic carbocycles. The van der Waals surface area contributed by atoms with E-state index in [4.69, 9.17) is 20.4 Å². The van der Waals surface area contributed by atoms with Crippen molar-refractivity contribution >= 4 is 23.7 Å². The zero-order valence-electron chi connectivity index (χ0n) is 20.8. The van der Waals surface area contributed by atoms with Crippen molar-refractivity contribution in [3.8, 4) is 0 Å². The Morgan fingerprint density at radius 2 is 1.54 bits per heavy atom. The predicted octanol–water partition coefficient (Wildman–Crippen LogP) is 3.31. The molecule has 208 valence electrons. The maximum Gasteiger partial charge on any atom is 0.490 e. The van der Waals surface area contributed by atoms with Crippen LogP contribution in [0.4, 0.5) is 23.7 Å². The van der Waals surface area contributed by atoms with Gasteiger partial charge in [0, 0.05) is 18.8 Å². The van der Waals surface area contributed by atoms with Gasteiger partial charge in [0.25, 0.3) is 5.56 Å². The summed E-state index contributed by atoms with van der Waals surface area (Å²) >= 11 is 0. The van der Waals surface area contributed by atoms with Gasteiger partial charge in [0.15, 0.2) is 0 Å². The van der Waals surface area contributed by atoms with Crippen molar-refractivity contribution in [2.24, 2.45) is 5.73 Å². The normalized spacial score (nSPS) is 10.6. The van der Waals surface area contributed by atoms with E-state index in [0.717, 1.165) is 16.7 Å². The van der Waals surface area contributed by atoms with Crippen molar-refractivity contribution in [1.29, 1.82) is 0 Å². The molecule has 13 heteroatoms. The van der Waals surface area contributed by atoms with Crippen LogP contribution in [0, 0.1) is 6.92 Å². The highest BCUT2D eigenvalue weighted by molar-refractivity contribution is 5.84. The molecular weight excluding hydrogens is 521 g/mol. The lowest BCUT2D eigenvalue weighted by Gasteiger charge is -2.13. The third-order valence-electron chi connectivity index (χ3n) is 5.13. The fourth-order valence-corrected chi connectivity index (χ4v) is 3.02. The van der Waals surface area contributed by atoms with Crippen molar-refractivity contribution in [2.45, 2.75) is 39.3 Å². The molecule has 0 unspecified atom stereocenters. The molecule has 0 radical (unpaired) electrons. The molecule has 0 bridgehead atoms. The van der Waals surface area contributed by atoms with Crippen LogP contribution in [0.1, 0.15) is 22.4 Å². The number of aromatic nitrogens is 1. The highest BCUT2D eigenvalue weighted by Gasteiger charge is 2.38. The van der Waals surface area contributed by atoms with Crippen LogP contribution < -0.4 is 21.9 Å². The number of ether oxygens (including phenoxy) is 1. The quantitative estimate of drug-likeness (QED) is 0.337. The Kier molecular flexibility index (Phi) is 11.2. The maximum absolute atomic E-state index is 12.8. The maximum atomic E-state index is 12.8. The molecule has 0 saturated carbocycles. The van der Waals surface area contributed by atoms with Gasteiger partial charge in [-0.2, -0.15) is 13.2 Å². The summed E-state index contributed by atoms with van der Waals surface area (Å²) < 4.78 is 38.2. The van der Waals surface area contributed by atoms with Gasteiger partial charge in [-0.3, -0.25) is 14.9 Å². The second-order valence-corrected chi connectivity index (χ2v) is 8.07. The number of hydrogen-bond donors (Lipinski definition) is 4. The van der Waals surface area contributed by atoms with Gasteiger partial charge in [-0.25, -0.2) is 9.59 Å². The molecule has 2 amide bonds. The fraction of sp³-hybridized carbons (Fsp3) is 0.231. The number of nitrogens with two attached hydrogens (primary N) is 1. The van der Waals surface area contributed by atoms with Crippen LogP contribution >= 0.6 is 0 Å². The number of pyridine rings is 1. The molecule has 0 aliphatic heterocycles. The summed E-state index contributed by atoms with van der Waals surface area (Å²) in [7, 11) is 0. The summed E-state index contributed by atoms with van der Waals surface area (Å²) in [4.78, 5) is 46.2. The first-order chi connectivity index (χ1) is 18.4. The highest BCUT2D eigenvalue weighted by Crippen LogP contribution is 2.13. The molecule has 0 aliphatic rings. The van der Waals surface area contributed by atoms with Crippen molar-refractivity contribution in [3.05, 3.63) is 99.5 Å². The Morgan fingerprint density at radius 1 is 0.949 bits per heavy atom. The Balaban J connectivity index is 0.000000673. The lowest BCUT2D eigenvalue weighted by molar-refractivity contribution is -0.192. The van der Waals surface area contributed by atoms with Crippen LogP contribution in [0.15, 0.2) is 71.5 Å². The van der Waals surface area contributed by atoms with Gasteiger partial charge in [-0.1, -0.05) is 54.6 Å². The topological polar surface area (TPSA) is 153 Å². The number of carboxylic acid groups (broad SMARTS) is 1. The average Bonchev–Trinajstić information content (AvgIpc) is 2.91. The fourth-order valence-electron chi connectivity index (χ4n) is 3.02. The van der Waals surface area contributed by atoms with Gasteiger partial charge < -0.3 is 25.5 Å². The van der Waals surface area contributed by atoms with Gasteiger partial charge in [0.2, 0.25) is 5.91 Å². The van der Waals surface area contributed by atoms with Crippen LogP contribution in [0.2, 0.25) is 0 Å². The van der Waals surface area contributed by atoms with E-state index in [1.807, 2.05) is 54.6 Å². The second-order valence-electron chi connectivity index (χ2n) is 8.07. The van der Waals surface area contributed by atoms with Crippen molar-refractivity contribution in [1.82, 2.24) is 9.88 Å². The number of carbonyl (C=O) groups excluding carboxylic acids is 2. The van der Waals surface area contributed by atoms with Gasteiger partial charge in [-0.05, 0) is 35.7 Å². The minimum absolute atomic E-state index is 0.0406. The standard InChI is InChI=1S/C24H26N4O4.C2HF3O2/c1-17-7-12-21(27-24(31)32-16-20-5-3-2-4-6-20)23(30)28(17)15-22(29)26-14-19-10-8-18(13-25)9-11-19;3-2(4,5)1(6)7/h2-12H,13-16,25H2,1H3,(H,26,29)(H,27,31);(H,6,7). The molecule has 3 rings (SSSR count). The van der Waals surface area contributed by atoms with Crippen molar-refractivity contribution < 1.29 is 37.4 Å². The van der Waals surface area contributed by atoms with Crippen LogP contribution in [-0.2, 0) is 40.6 Å². The first-order valence-corrected chi connectivity index (χ1v) is 11.4. The van der Waals surface area contributed by atoms with E-state index < -0.39 is 23.8 Å². The number of nitrogens with zero attached hydrogens (tertiary/aromatic N) is 1. The molecule has 1 aromatic heterocycles. The number of alkyl halides is 3. The summed E-state index contributed by atoms with van der Waals surface area (Å²) in [5.41, 5.74) is 8.51. The first kappa shape index (κ1) is 30.6. The van der Waals surface area contributed by atoms with Crippen molar-refractivity contribution in [3.63, 3.8) is 0 Å². The number of hydrogen-bond acceptors (Lipinski definition) is 6. The number of benzene rings is 2. The van der Waals surface area contributed by atoms with E-state index in [1.54, 1.807) is 13.0 Å². The van der Waals surface area contributed by atoms with Gasteiger partial charge in [0.05, 0.1) is 0 Å². The molecule has 0 aliphatic carbocycles. The van der Waals surface area contributed by atoms with Crippen molar-refractivity contribution in [2.75, 3.05) is 5.32 Å². The number of carbonyl (C=O) groups is 3. The monoisotopic (exact) mass is 548 g/mol. The predicted molar refractivity (Wildman–Crippen MR) is 136 cm³/mol. The molecule has 0 saturated heterocycles. The third-order valence-corrected chi connectivity index (χ3v) is 5.13. The summed E-state index contributed by atoms with van der Waals surface area (Å²) in [6.45, 7) is 2.43. The largest absolute Gasteiger partial charge is 0.490 e. The summed E-state index contributed by atoms with van der Waals surface area (Å²) in [5.74, 6) is -3.07. The molecule has 0 atom stereocenters. The number of carboxylic acids is 1. The number of amides is 2. The summed E-state index contributed by atoms with van der Waals surface area (Å²) in [6.07, 6.45) is -5.83. The van der Waals surface area contributed by atoms with Crippen LogP contribution in [0.5, 0.6) is 0 Å². The van der Waals surface area contributed by atoms with E-state index in [9.17, 15) is 27.6 Å². The molecule has 10 nitrogen and oxygen atoms in total. The lowest BCUT2D eigenvalue weighted by atomic mass is 10.1. The minimum atomic E-state index is -5.08. The minimum Gasteiger partial charge on any atom is -0.475 e. The van der Waals surface area contributed by atoms with Gasteiger partial charge >= 0.3 is 18.2 Å². The van der Waals surface area contributed by atoms with E-state index in [-0.39, 0.29) is 24.7 Å². The third kappa shape index (κ3) is 10.3. The number of rotatable bonds is 8. The highest BCUT2D eigenvalue weighted by atomic mass is 19.4. The summed E-state index contributed by atoms with van der Waals surface area (Å²) in [5, 5.41) is 12.4. The van der Waals surface area contributed by atoms with E-state index in [2.05, 4.69) is 10.6 Å². The number of nitrogens with one attached hydrogen (secondary N) is 2. The van der Waals surface area contributed by atoms with E-state index in [1.165, 1.54) is 10.6 Å². The number of aryl methyl sites for hydroxylation is 1. The zero-order valence-corrected chi connectivity index (χ0v) is 20.8. The van der Waals surface area contributed by atoms with E-state index >= 15 is 0 Å².